The molecule has 0 heterocycles. The summed E-state index contributed by atoms with van der Waals surface area (Å²) in [6.07, 6.45) is 0.661. The van der Waals surface area contributed by atoms with Crippen LogP contribution in [0.3, 0.4) is 0 Å². The lowest BCUT2D eigenvalue weighted by atomic mass is 9.98. The molecule has 3 amide bonds. The number of benzene rings is 2. The van der Waals surface area contributed by atoms with Crippen LogP contribution in [0.25, 0.3) is 0 Å². The fourth-order valence-electron chi connectivity index (χ4n) is 2.95. The second-order valence-electron chi connectivity index (χ2n) is 8.03. The molecule has 0 aromatic heterocycles. The molecule has 0 aliphatic rings. The number of carbonyl (C=O) groups excluding carboxylic acids is 3. The van der Waals surface area contributed by atoms with Gasteiger partial charge in [0.1, 0.15) is 5.75 Å². The molecule has 7 nitrogen and oxygen atoms in total. The Kier molecular flexibility index (Phi) is 9.25. The number of rotatable bonds is 9. The number of amides is 3. The van der Waals surface area contributed by atoms with Crippen LogP contribution in [0.15, 0.2) is 48.5 Å². The van der Waals surface area contributed by atoms with E-state index in [0.29, 0.717) is 29.3 Å². The first-order chi connectivity index (χ1) is 15.3. The minimum absolute atomic E-state index is 0.102. The van der Waals surface area contributed by atoms with E-state index >= 15 is 0 Å². The molecule has 2 rings (SSSR count). The molecular weight excluding hydrogens is 406 g/mol. The fourth-order valence-corrected chi connectivity index (χ4v) is 2.95. The van der Waals surface area contributed by atoms with Crippen molar-refractivity contribution in [3.05, 3.63) is 59.7 Å². The van der Waals surface area contributed by atoms with Crippen molar-refractivity contribution >= 4 is 23.4 Å². The Morgan fingerprint density at radius 3 is 2.09 bits per heavy atom. The fraction of sp³-hybridized carbons (Fsp3) is 0.400. The van der Waals surface area contributed by atoms with Gasteiger partial charge >= 0.3 is 0 Å². The van der Waals surface area contributed by atoms with Gasteiger partial charge in [-0.1, -0.05) is 52.8 Å². The van der Waals surface area contributed by atoms with Gasteiger partial charge in [-0.2, -0.15) is 0 Å². The van der Waals surface area contributed by atoms with E-state index in [1.807, 2.05) is 31.2 Å². The van der Waals surface area contributed by atoms with E-state index in [1.165, 1.54) is 0 Å². The molecular formula is C25H33N3O4. The van der Waals surface area contributed by atoms with Crippen LogP contribution < -0.4 is 20.9 Å². The smallest absolute Gasteiger partial charge is 0.279 e. The topological polar surface area (TPSA) is 96.5 Å². The molecule has 2 aromatic rings. The van der Waals surface area contributed by atoms with Gasteiger partial charge in [0.25, 0.3) is 11.8 Å². The summed E-state index contributed by atoms with van der Waals surface area (Å²) < 4.78 is 5.99. The van der Waals surface area contributed by atoms with Crippen molar-refractivity contribution in [1.29, 1.82) is 0 Å². The minimum Gasteiger partial charge on any atom is -0.480 e. The lowest BCUT2D eigenvalue weighted by Crippen LogP contribution is -2.48. The molecule has 0 radical (unpaired) electrons. The summed E-state index contributed by atoms with van der Waals surface area (Å²) in [6, 6.07) is 14.1. The quantitative estimate of drug-likeness (QED) is 0.504. The van der Waals surface area contributed by atoms with Gasteiger partial charge < -0.3 is 10.1 Å². The Hall–Kier alpha value is -3.35. The largest absolute Gasteiger partial charge is 0.480 e. The SMILES string of the molecule is CCC(Oc1ccccc1C(C)CC)C(=O)NNC(=O)c1ccc(NC(=O)C(C)C)cc1. The summed E-state index contributed by atoms with van der Waals surface area (Å²) >= 11 is 0. The number of carbonyl (C=O) groups is 3. The molecule has 2 aromatic carbocycles. The van der Waals surface area contributed by atoms with Gasteiger partial charge in [0, 0.05) is 17.2 Å². The molecule has 2 unspecified atom stereocenters. The van der Waals surface area contributed by atoms with Crippen molar-refractivity contribution in [1.82, 2.24) is 10.9 Å². The Labute approximate surface area is 189 Å². The molecule has 0 bridgehead atoms. The minimum atomic E-state index is -0.742. The van der Waals surface area contributed by atoms with E-state index in [0.717, 1.165) is 12.0 Å². The Morgan fingerprint density at radius 2 is 1.50 bits per heavy atom. The van der Waals surface area contributed by atoms with E-state index in [1.54, 1.807) is 38.1 Å². The third kappa shape index (κ3) is 6.83. The number of hydrazine groups is 1. The first kappa shape index (κ1) is 24.9. The molecule has 0 spiro atoms. The third-order valence-corrected chi connectivity index (χ3v) is 5.23. The summed E-state index contributed by atoms with van der Waals surface area (Å²) in [4.78, 5) is 36.8. The highest BCUT2D eigenvalue weighted by Gasteiger charge is 2.21. The first-order valence-corrected chi connectivity index (χ1v) is 11.0. The van der Waals surface area contributed by atoms with Gasteiger partial charge in [-0.3, -0.25) is 25.2 Å². The number of ether oxygens (including phenoxy) is 1. The average molecular weight is 440 g/mol. The lowest BCUT2D eigenvalue weighted by Gasteiger charge is -2.21. The number of nitrogens with one attached hydrogen (secondary N) is 3. The highest BCUT2D eigenvalue weighted by Crippen LogP contribution is 2.29. The number of anilines is 1. The van der Waals surface area contributed by atoms with Gasteiger partial charge in [-0.25, -0.2) is 0 Å². The molecule has 2 atom stereocenters. The molecule has 32 heavy (non-hydrogen) atoms. The van der Waals surface area contributed by atoms with Crippen molar-refractivity contribution < 1.29 is 19.1 Å². The molecule has 172 valence electrons. The molecule has 0 saturated heterocycles. The van der Waals surface area contributed by atoms with Gasteiger partial charge in [-0.15, -0.1) is 0 Å². The van der Waals surface area contributed by atoms with E-state index in [9.17, 15) is 14.4 Å². The maximum Gasteiger partial charge on any atom is 0.279 e. The van der Waals surface area contributed by atoms with E-state index < -0.39 is 17.9 Å². The monoisotopic (exact) mass is 439 g/mol. The second kappa shape index (κ2) is 11.9. The number of para-hydroxylation sites is 1. The van der Waals surface area contributed by atoms with Crippen LogP contribution in [0, 0.1) is 5.92 Å². The molecule has 0 fully saturated rings. The zero-order chi connectivity index (χ0) is 23.7. The van der Waals surface area contributed by atoms with Crippen LogP contribution in [0.1, 0.15) is 69.3 Å². The third-order valence-electron chi connectivity index (χ3n) is 5.23. The number of hydrogen-bond donors (Lipinski definition) is 3. The average Bonchev–Trinajstić information content (AvgIpc) is 2.80. The van der Waals surface area contributed by atoms with E-state index in [4.69, 9.17) is 4.74 Å². The van der Waals surface area contributed by atoms with Crippen molar-refractivity contribution in [3.63, 3.8) is 0 Å². The summed E-state index contributed by atoms with van der Waals surface area (Å²) in [7, 11) is 0. The van der Waals surface area contributed by atoms with E-state index in [2.05, 4.69) is 30.0 Å². The summed E-state index contributed by atoms with van der Waals surface area (Å²) in [5.41, 5.74) is 6.87. The van der Waals surface area contributed by atoms with Gasteiger partial charge in [0.05, 0.1) is 0 Å². The highest BCUT2D eigenvalue weighted by molar-refractivity contribution is 5.97. The highest BCUT2D eigenvalue weighted by atomic mass is 16.5. The zero-order valence-electron chi connectivity index (χ0n) is 19.4. The second-order valence-corrected chi connectivity index (χ2v) is 8.03. The van der Waals surface area contributed by atoms with Crippen LogP contribution in [0.5, 0.6) is 5.75 Å². The normalized spacial score (nSPS) is 12.6. The summed E-state index contributed by atoms with van der Waals surface area (Å²) in [5, 5.41) is 2.76. The number of hydrogen-bond acceptors (Lipinski definition) is 4. The molecule has 0 aliphatic heterocycles. The zero-order valence-corrected chi connectivity index (χ0v) is 19.4. The Bertz CT molecular complexity index is 925. The van der Waals surface area contributed by atoms with Crippen LogP contribution >= 0.6 is 0 Å². The molecule has 7 heteroatoms. The van der Waals surface area contributed by atoms with Crippen molar-refractivity contribution in [2.75, 3.05) is 5.32 Å². The van der Waals surface area contributed by atoms with Gasteiger partial charge in [0.15, 0.2) is 6.10 Å². The Balaban J connectivity index is 1.96. The summed E-state index contributed by atoms with van der Waals surface area (Å²) in [5.74, 6) is -0.154. The van der Waals surface area contributed by atoms with Crippen molar-refractivity contribution in [2.45, 2.75) is 59.5 Å². The van der Waals surface area contributed by atoms with E-state index in [-0.39, 0.29) is 11.8 Å². The van der Waals surface area contributed by atoms with Crippen molar-refractivity contribution in [2.24, 2.45) is 5.92 Å². The van der Waals surface area contributed by atoms with Crippen molar-refractivity contribution in [3.8, 4) is 5.75 Å². The Morgan fingerprint density at radius 1 is 0.844 bits per heavy atom. The lowest BCUT2D eigenvalue weighted by molar-refractivity contribution is -0.129. The standard InChI is InChI=1S/C25H33N3O4/c1-6-17(5)20-10-8-9-11-22(20)32-21(7-2)25(31)28-27-24(30)18-12-14-19(15-13-18)26-23(29)16(3)4/h8-17,21H,6-7H2,1-5H3,(H,26,29)(H,27,30)(H,28,31). The predicted molar refractivity (Wildman–Crippen MR) is 125 cm³/mol. The van der Waals surface area contributed by atoms with Gasteiger partial charge in [0.2, 0.25) is 5.91 Å². The molecule has 0 aliphatic carbocycles. The first-order valence-electron chi connectivity index (χ1n) is 11.0. The van der Waals surface area contributed by atoms with Crippen LogP contribution in [0.2, 0.25) is 0 Å². The molecule has 3 N–H and O–H groups in total. The van der Waals surface area contributed by atoms with Gasteiger partial charge in [-0.05, 0) is 54.7 Å². The summed E-state index contributed by atoms with van der Waals surface area (Å²) in [6.45, 7) is 9.67. The maximum absolute atomic E-state index is 12.6. The predicted octanol–water partition coefficient (Wildman–Crippen LogP) is 4.41. The van der Waals surface area contributed by atoms with Crippen LogP contribution in [0.4, 0.5) is 5.69 Å². The van der Waals surface area contributed by atoms with Crippen LogP contribution in [-0.2, 0) is 9.59 Å². The maximum atomic E-state index is 12.6. The molecule has 0 saturated carbocycles. The van der Waals surface area contributed by atoms with Crippen LogP contribution in [-0.4, -0.2) is 23.8 Å².